The first kappa shape index (κ1) is 23.2. The highest BCUT2D eigenvalue weighted by atomic mass is 35.5. The molecule has 0 radical (unpaired) electrons. The molecule has 0 bridgehead atoms. The highest BCUT2D eigenvalue weighted by Crippen LogP contribution is 2.39. The highest BCUT2D eigenvalue weighted by Gasteiger charge is 2.36. The Kier molecular flexibility index (Phi) is 8.50. The Morgan fingerprint density at radius 1 is 1.07 bits per heavy atom. The van der Waals surface area contributed by atoms with E-state index < -0.39 is 0 Å². The van der Waals surface area contributed by atoms with Crippen LogP contribution >= 0.6 is 24.0 Å². The topological polar surface area (TPSA) is 84.2 Å². The van der Waals surface area contributed by atoms with Gasteiger partial charge in [-0.25, -0.2) is 0 Å². The maximum absolute atomic E-state index is 12.2. The minimum absolute atomic E-state index is 0. The molecule has 1 saturated carbocycles. The Morgan fingerprint density at radius 3 is 2.38 bits per heavy atom. The normalized spacial score (nSPS) is 21.0. The molecule has 3 rings (SSSR count). The Hall–Kier alpha value is -2.08. The van der Waals surface area contributed by atoms with Crippen molar-refractivity contribution in [3.05, 3.63) is 70.7 Å². The number of carbonyl (C=O) groups is 2. The maximum atomic E-state index is 12.2. The fraction of sp³-hybridized carbons (Fsp3) is 0.364. The number of nitrogens with two attached hydrogens (primary N) is 1. The molecule has 5 nitrogen and oxygen atoms in total. The SMILES string of the molecule is Cl.NC[C@]1(c2cccc(Cl)c2)CC[C@H](NC(=O)CNC(=O)c2ccccc2)CC1. The standard InChI is InChI=1S/C22H26ClN3O2.ClH/c23-18-8-4-7-17(13-18)22(15-24)11-9-19(10-12-22)26-20(27)14-25-21(28)16-5-2-1-3-6-16;/h1-8,13,19H,9-12,14-15,24H2,(H,25,28)(H,26,27);1H/t19-,22-;. The van der Waals surface area contributed by atoms with E-state index >= 15 is 0 Å². The van der Waals surface area contributed by atoms with Gasteiger partial charge in [-0.05, 0) is 55.5 Å². The summed E-state index contributed by atoms with van der Waals surface area (Å²) in [5, 5.41) is 6.41. The molecule has 0 saturated heterocycles. The molecule has 0 unspecified atom stereocenters. The largest absolute Gasteiger partial charge is 0.352 e. The van der Waals surface area contributed by atoms with E-state index in [9.17, 15) is 9.59 Å². The van der Waals surface area contributed by atoms with E-state index in [-0.39, 0.29) is 42.2 Å². The third-order valence-corrected chi connectivity index (χ3v) is 5.82. The lowest BCUT2D eigenvalue weighted by atomic mass is 9.68. The summed E-state index contributed by atoms with van der Waals surface area (Å²) in [6.07, 6.45) is 3.49. The van der Waals surface area contributed by atoms with Gasteiger partial charge in [-0.15, -0.1) is 12.4 Å². The fourth-order valence-electron chi connectivity index (χ4n) is 3.87. The predicted molar refractivity (Wildman–Crippen MR) is 119 cm³/mol. The maximum Gasteiger partial charge on any atom is 0.251 e. The molecule has 0 aliphatic heterocycles. The first-order valence-corrected chi connectivity index (χ1v) is 9.99. The molecule has 0 spiro atoms. The van der Waals surface area contributed by atoms with Crippen molar-refractivity contribution in [1.82, 2.24) is 10.6 Å². The molecule has 1 aliphatic rings. The van der Waals surface area contributed by atoms with Gasteiger partial charge in [-0.1, -0.05) is 41.9 Å². The van der Waals surface area contributed by atoms with Crippen molar-refractivity contribution in [2.75, 3.05) is 13.1 Å². The average molecular weight is 436 g/mol. The van der Waals surface area contributed by atoms with Crippen molar-refractivity contribution < 1.29 is 9.59 Å². The van der Waals surface area contributed by atoms with Crippen LogP contribution in [0.3, 0.4) is 0 Å². The first-order valence-electron chi connectivity index (χ1n) is 9.61. The smallest absolute Gasteiger partial charge is 0.251 e. The van der Waals surface area contributed by atoms with Gasteiger partial charge in [0.05, 0.1) is 6.54 Å². The summed E-state index contributed by atoms with van der Waals surface area (Å²) in [5.74, 6) is -0.417. The van der Waals surface area contributed by atoms with Gasteiger partial charge in [-0.3, -0.25) is 9.59 Å². The van der Waals surface area contributed by atoms with Crippen LogP contribution < -0.4 is 16.4 Å². The summed E-state index contributed by atoms with van der Waals surface area (Å²) in [7, 11) is 0. The van der Waals surface area contributed by atoms with E-state index in [1.807, 2.05) is 24.3 Å². The van der Waals surface area contributed by atoms with Gasteiger partial charge in [0.1, 0.15) is 0 Å². The zero-order valence-electron chi connectivity index (χ0n) is 16.2. The zero-order chi connectivity index (χ0) is 20.0. The number of hydrogen-bond donors (Lipinski definition) is 3. The van der Waals surface area contributed by atoms with Crippen LogP contribution in [0.1, 0.15) is 41.6 Å². The van der Waals surface area contributed by atoms with E-state index in [0.717, 1.165) is 30.7 Å². The lowest BCUT2D eigenvalue weighted by molar-refractivity contribution is -0.121. The lowest BCUT2D eigenvalue weighted by Gasteiger charge is -2.40. The van der Waals surface area contributed by atoms with Crippen LogP contribution in [0.4, 0.5) is 0 Å². The summed E-state index contributed by atoms with van der Waals surface area (Å²) in [6.45, 7) is 0.529. The van der Waals surface area contributed by atoms with Crippen molar-refractivity contribution in [3.8, 4) is 0 Å². The first-order chi connectivity index (χ1) is 13.5. The Labute approximate surface area is 182 Å². The summed E-state index contributed by atoms with van der Waals surface area (Å²) in [6, 6.07) is 16.9. The molecule has 1 fully saturated rings. The summed E-state index contributed by atoms with van der Waals surface area (Å²) in [5.41, 5.74) is 7.75. The molecule has 2 aromatic carbocycles. The predicted octanol–water partition coefficient (Wildman–Crippen LogP) is 3.45. The van der Waals surface area contributed by atoms with Crippen LogP contribution in [-0.4, -0.2) is 30.9 Å². The zero-order valence-corrected chi connectivity index (χ0v) is 17.8. The monoisotopic (exact) mass is 435 g/mol. The van der Waals surface area contributed by atoms with Gasteiger partial charge < -0.3 is 16.4 Å². The van der Waals surface area contributed by atoms with Gasteiger partial charge in [0.25, 0.3) is 5.91 Å². The average Bonchev–Trinajstić information content (AvgIpc) is 2.73. The Bertz CT molecular complexity index is 822. The number of nitrogens with one attached hydrogen (secondary N) is 2. The Morgan fingerprint density at radius 2 is 1.76 bits per heavy atom. The number of benzene rings is 2. The summed E-state index contributed by atoms with van der Waals surface area (Å²) in [4.78, 5) is 24.3. The molecular weight excluding hydrogens is 409 g/mol. The van der Waals surface area contributed by atoms with E-state index in [1.54, 1.807) is 24.3 Å². The fourth-order valence-corrected chi connectivity index (χ4v) is 4.06. The number of rotatable bonds is 6. The van der Waals surface area contributed by atoms with Gasteiger partial charge in [-0.2, -0.15) is 0 Å². The third kappa shape index (κ3) is 5.95. The van der Waals surface area contributed by atoms with Crippen LogP contribution in [-0.2, 0) is 10.2 Å². The van der Waals surface area contributed by atoms with E-state index in [4.69, 9.17) is 17.3 Å². The van der Waals surface area contributed by atoms with Crippen molar-refractivity contribution in [3.63, 3.8) is 0 Å². The van der Waals surface area contributed by atoms with Crippen LogP contribution in [0.5, 0.6) is 0 Å². The van der Waals surface area contributed by atoms with Crippen molar-refractivity contribution in [2.45, 2.75) is 37.1 Å². The third-order valence-electron chi connectivity index (χ3n) is 5.58. The molecule has 2 aromatic rings. The van der Waals surface area contributed by atoms with Gasteiger partial charge in [0.15, 0.2) is 0 Å². The van der Waals surface area contributed by atoms with E-state index in [2.05, 4.69) is 16.7 Å². The second-order valence-corrected chi connectivity index (χ2v) is 7.82. The molecule has 1 aliphatic carbocycles. The molecular formula is C22H27Cl2N3O2. The summed E-state index contributed by atoms with van der Waals surface area (Å²) >= 11 is 6.15. The minimum atomic E-state index is -0.248. The number of carbonyl (C=O) groups excluding carboxylic acids is 2. The van der Waals surface area contributed by atoms with Crippen molar-refractivity contribution in [1.29, 1.82) is 0 Å². The molecule has 0 atom stereocenters. The van der Waals surface area contributed by atoms with Crippen LogP contribution in [0.15, 0.2) is 54.6 Å². The second-order valence-electron chi connectivity index (χ2n) is 7.39. The number of halogens is 2. The summed E-state index contributed by atoms with van der Waals surface area (Å²) < 4.78 is 0. The highest BCUT2D eigenvalue weighted by molar-refractivity contribution is 6.30. The van der Waals surface area contributed by atoms with Gasteiger partial charge in [0.2, 0.25) is 5.91 Å². The quantitative estimate of drug-likeness (QED) is 0.649. The van der Waals surface area contributed by atoms with Gasteiger partial charge in [0, 0.05) is 28.6 Å². The van der Waals surface area contributed by atoms with Crippen LogP contribution in [0.2, 0.25) is 5.02 Å². The van der Waals surface area contributed by atoms with E-state index in [1.165, 1.54) is 5.56 Å². The van der Waals surface area contributed by atoms with Gasteiger partial charge >= 0.3 is 0 Å². The molecule has 2 amide bonds. The van der Waals surface area contributed by atoms with Crippen LogP contribution in [0, 0.1) is 0 Å². The molecule has 156 valence electrons. The van der Waals surface area contributed by atoms with Crippen LogP contribution in [0.25, 0.3) is 0 Å². The molecule has 7 heteroatoms. The molecule has 29 heavy (non-hydrogen) atoms. The molecule has 4 N–H and O–H groups in total. The molecule has 0 heterocycles. The van der Waals surface area contributed by atoms with Crippen molar-refractivity contribution in [2.24, 2.45) is 5.73 Å². The second kappa shape index (κ2) is 10.6. The molecule has 0 aromatic heterocycles. The minimum Gasteiger partial charge on any atom is -0.352 e. The Balaban J connectivity index is 0.00000300. The van der Waals surface area contributed by atoms with Crippen molar-refractivity contribution >= 4 is 35.8 Å². The lowest BCUT2D eigenvalue weighted by Crippen LogP contribution is -2.47. The number of hydrogen-bond acceptors (Lipinski definition) is 3. The van der Waals surface area contributed by atoms with E-state index in [0.29, 0.717) is 12.1 Å². The number of amides is 2.